The van der Waals surface area contributed by atoms with Gasteiger partial charge in [0.2, 0.25) is 5.91 Å². The van der Waals surface area contributed by atoms with E-state index < -0.39 is 17.2 Å². The molecule has 0 saturated heterocycles. The zero-order chi connectivity index (χ0) is 9.84. The fourth-order valence-electron chi connectivity index (χ4n) is 0.799. The highest BCUT2D eigenvalue weighted by Gasteiger charge is 1.98. The maximum absolute atomic E-state index is 10.6. The summed E-state index contributed by atoms with van der Waals surface area (Å²) in [7, 11) is 0. The summed E-state index contributed by atoms with van der Waals surface area (Å²) in [6.07, 6.45) is 0. The molecule has 0 aromatic heterocycles. The predicted molar refractivity (Wildman–Crippen MR) is 47.5 cm³/mol. The molecule has 0 saturated carbocycles. The SMILES string of the molecule is NC(=O)c1ccc(NS(=O)[O-])cc1. The number of primary amides is 1. The molecule has 3 N–H and O–H groups in total. The van der Waals surface area contributed by atoms with Gasteiger partial charge in [-0.15, -0.1) is 0 Å². The summed E-state index contributed by atoms with van der Waals surface area (Å²) in [5.41, 5.74) is 5.71. The molecule has 1 unspecified atom stereocenters. The molecule has 0 aliphatic rings. The van der Waals surface area contributed by atoms with Gasteiger partial charge in [0, 0.05) is 22.5 Å². The number of amides is 1. The Labute approximate surface area is 77.4 Å². The van der Waals surface area contributed by atoms with Crippen LogP contribution in [0.5, 0.6) is 0 Å². The number of hydrogen-bond acceptors (Lipinski definition) is 3. The molecule has 1 aromatic rings. The van der Waals surface area contributed by atoms with E-state index in [0.717, 1.165) is 0 Å². The van der Waals surface area contributed by atoms with E-state index in [1.165, 1.54) is 24.3 Å². The van der Waals surface area contributed by atoms with Gasteiger partial charge < -0.3 is 15.0 Å². The Hall–Kier alpha value is -1.40. The van der Waals surface area contributed by atoms with Crippen molar-refractivity contribution >= 4 is 22.9 Å². The maximum Gasteiger partial charge on any atom is 0.248 e. The van der Waals surface area contributed by atoms with E-state index >= 15 is 0 Å². The largest absolute Gasteiger partial charge is 0.755 e. The van der Waals surface area contributed by atoms with Crippen molar-refractivity contribution in [2.45, 2.75) is 0 Å². The van der Waals surface area contributed by atoms with Gasteiger partial charge in [-0.1, -0.05) is 0 Å². The van der Waals surface area contributed by atoms with Crippen LogP contribution in [0.2, 0.25) is 0 Å². The van der Waals surface area contributed by atoms with Crippen LogP contribution in [0.4, 0.5) is 5.69 Å². The highest BCUT2D eigenvalue weighted by molar-refractivity contribution is 7.80. The highest BCUT2D eigenvalue weighted by atomic mass is 32.2. The smallest absolute Gasteiger partial charge is 0.248 e. The molecule has 6 heteroatoms. The van der Waals surface area contributed by atoms with Crippen molar-refractivity contribution in [3.8, 4) is 0 Å². The Kier molecular flexibility index (Phi) is 2.99. The molecule has 0 spiro atoms. The quantitative estimate of drug-likeness (QED) is 0.670. The fraction of sp³-hybridized carbons (Fsp3) is 0. The summed E-state index contributed by atoms with van der Waals surface area (Å²) < 4.78 is 22.5. The highest BCUT2D eigenvalue weighted by Crippen LogP contribution is 2.08. The Morgan fingerprint density at radius 1 is 1.38 bits per heavy atom. The topological polar surface area (TPSA) is 95.2 Å². The minimum atomic E-state index is -2.35. The summed E-state index contributed by atoms with van der Waals surface area (Å²) in [5.74, 6) is -0.546. The second kappa shape index (κ2) is 4.01. The molecule has 1 atom stereocenters. The standard InChI is InChI=1S/C7H8N2O3S/c8-7(10)5-1-3-6(4-2-5)9-13(11)12/h1-4,9H,(H2,8,10)(H,11,12)/p-1. The monoisotopic (exact) mass is 199 g/mol. The van der Waals surface area contributed by atoms with Gasteiger partial charge in [-0.05, 0) is 24.3 Å². The van der Waals surface area contributed by atoms with Crippen molar-refractivity contribution in [2.75, 3.05) is 4.72 Å². The van der Waals surface area contributed by atoms with Crippen LogP contribution in [-0.2, 0) is 11.3 Å². The molecule has 1 aromatic carbocycles. The van der Waals surface area contributed by atoms with Gasteiger partial charge in [-0.2, -0.15) is 0 Å². The maximum atomic E-state index is 10.6. The molecule has 5 nitrogen and oxygen atoms in total. The van der Waals surface area contributed by atoms with Crippen molar-refractivity contribution in [3.63, 3.8) is 0 Å². The Balaban J connectivity index is 2.81. The summed E-state index contributed by atoms with van der Waals surface area (Å²) in [5, 5.41) is 0. The number of anilines is 1. The van der Waals surface area contributed by atoms with E-state index in [-0.39, 0.29) is 0 Å². The Bertz CT molecular complexity index is 336. The third kappa shape index (κ3) is 2.85. The summed E-state index contributed by atoms with van der Waals surface area (Å²) in [4.78, 5) is 10.6. The summed E-state index contributed by atoms with van der Waals surface area (Å²) in [6.45, 7) is 0. The lowest BCUT2D eigenvalue weighted by molar-refractivity contribution is 0.100. The van der Waals surface area contributed by atoms with Crippen LogP contribution in [0, 0.1) is 0 Å². The lowest BCUT2D eigenvalue weighted by atomic mass is 10.2. The van der Waals surface area contributed by atoms with Gasteiger partial charge >= 0.3 is 0 Å². The number of carbonyl (C=O) groups excluding carboxylic acids is 1. The first-order valence-corrected chi connectivity index (χ1v) is 4.43. The van der Waals surface area contributed by atoms with Crippen molar-refractivity contribution < 1.29 is 13.6 Å². The first-order chi connectivity index (χ1) is 6.09. The van der Waals surface area contributed by atoms with E-state index in [2.05, 4.69) is 4.72 Å². The molecular formula is C7H7N2O3S-. The molecule has 0 aliphatic heterocycles. The molecule has 0 radical (unpaired) electrons. The van der Waals surface area contributed by atoms with E-state index in [1.807, 2.05) is 0 Å². The molecule has 70 valence electrons. The molecular weight excluding hydrogens is 192 g/mol. The van der Waals surface area contributed by atoms with Crippen LogP contribution in [0.15, 0.2) is 24.3 Å². The normalized spacial score (nSPS) is 12.1. The number of benzene rings is 1. The van der Waals surface area contributed by atoms with Gasteiger partial charge in [0.15, 0.2) is 0 Å². The second-order valence-electron chi connectivity index (χ2n) is 2.28. The van der Waals surface area contributed by atoms with Gasteiger partial charge in [-0.25, -0.2) is 0 Å². The molecule has 0 aliphatic carbocycles. The number of hydrogen-bond donors (Lipinski definition) is 2. The van der Waals surface area contributed by atoms with Crippen LogP contribution < -0.4 is 10.5 Å². The zero-order valence-electron chi connectivity index (χ0n) is 6.52. The molecule has 0 fully saturated rings. The summed E-state index contributed by atoms with van der Waals surface area (Å²) >= 11 is -2.35. The predicted octanol–water partition coefficient (Wildman–Crippen LogP) is -0.00850. The van der Waals surface area contributed by atoms with Crippen LogP contribution in [0.3, 0.4) is 0 Å². The van der Waals surface area contributed by atoms with Gasteiger partial charge in [0.1, 0.15) is 0 Å². The number of nitrogens with one attached hydrogen (secondary N) is 1. The van der Waals surface area contributed by atoms with Crippen LogP contribution >= 0.6 is 0 Å². The molecule has 13 heavy (non-hydrogen) atoms. The van der Waals surface area contributed by atoms with Gasteiger partial charge in [0.05, 0.1) is 0 Å². The van der Waals surface area contributed by atoms with Crippen molar-refractivity contribution in [3.05, 3.63) is 29.8 Å². The number of nitrogens with two attached hydrogens (primary N) is 1. The second-order valence-corrected chi connectivity index (χ2v) is 2.95. The van der Waals surface area contributed by atoms with Crippen molar-refractivity contribution in [1.82, 2.24) is 0 Å². The fourth-order valence-corrected chi connectivity index (χ4v) is 1.13. The van der Waals surface area contributed by atoms with Crippen LogP contribution in [0.1, 0.15) is 10.4 Å². The lowest BCUT2D eigenvalue weighted by Crippen LogP contribution is -2.10. The zero-order valence-corrected chi connectivity index (χ0v) is 7.34. The lowest BCUT2D eigenvalue weighted by Gasteiger charge is -2.07. The third-order valence-corrected chi connectivity index (χ3v) is 1.77. The molecule has 1 amide bonds. The van der Waals surface area contributed by atoms with Crippen LogP contribution in [-0.4, -0.2) is 14.7 Å². The Morgan fingerprint density at radius 3 is 2.31 bits per heavy atom. The third-order valence-electron chi connectivity index (χ3n) is 1.37. The first kappa shape index (κ1) is 9.69. The minimum Gasteiger partial charge on any atom is -0.755 e. The van der Waals surface area contributed by atoms with E-state index in [4.69, 9.17) is 5.73 Å². The van der Waals surface area contributed by atoms with Gasteiger partial charge in [-0.3, -0.25) is 9.00 Å². The summed E-state index contributed by atoms with van der Waals surface area (Å²) in [6, 6.07) is 5.79. The average molecular weight is 199 g/mol. The first-order valence-electron chi connectivity index (χ1n) is 3.35. The van der Waals surface area contributed by atoms with Crippen molar-refractivity contribution in [1.29, 1.82) is 0 Å². The number of carbonyl (C=O) groups is 1. The van der Waals surface area contributed by atoms with E-state index in [9.17, 15) is 13.6 Å². The minimum absolute atomic E-state index is 0.335. The van der Waals surface area contributed by atoms with Crippen molar-refractivity contribution in [2.24, 2.45) is 5.73 Å². The van der Waals surface area contributed by atoms with E-state index in [0.29, 0.717) is 11.3 Å². The van der Waals surface area contributed by atoms with Crippen LogP contribution in [0.25, 0.3) is 0 Å². The molecule has 0 bridgehead atoms. The van der Waals surface area contributed by atoms with Gasteiger partial charge in [0.25, 0.3) is 0 Å². The average Bonchev–Trinajstić information content (AvgIpc) is 2.04. The number of rotatable bonds is 3. The van der Waals surface area contributed by atoms with E-state index in [1.54, 1.807) is 0 Å². The molecule has 1 rings (SSSR count). The Morgan fingerprint density at radius 2 is 1.92 bits per heavy atom. The molecule has 0 heterocycles.